The Morgan fingerprint density at radius 2 is 2.00 bits per heavy atom. The van der Waals surface area contributed by atoms with Crippen molar-refractivity contribution in [2.75, 3.05) is 26.2 Å². The van der Waals surface area contributed by atoms with Gasteiger partial charge in [0, 0.05) is 38.1 Å². The molecule has 1 N–H and O–H groups in total. The van der Waals surface area contributed by atoms with Crippen LogP contribution in [0, 0.1) is 6.92 Å². The number of piperazine rings is 1. The maximum atomic E-state index is 4.55. The van der Waals surface area contributed by atoms with E-state index in [1.807, 2.05) is 19.2 Å². The van der Waals surface area contributed by atoms with Crippen LogP contribution in [0.5, 0.6) is 0 Å². The second-order valence-electron chi connectivity index (χ2n) is 4.82. The number of hydrogen-bond donors (Lipinski definition) is 1. The van der Waals surface area contributed by atoms with Crippen LogP contribution >= 0.6 is 0 Å². The van der Waals surface area contributed by atoms with Crippen LogP contribution in [0.3, 0.4) is 0 Å². The maximum Gasteiger partial charge on any atom is 0.148 e. The van der Waals surface area contributed by atoms with Crippen molar-refractivity contribution in [2.24, 2.45) is 0 Å². The third-order valence-corrected chi connectivity index (χ3v) is 3.25. The second kappa shape index (κ2) is 4.47. The molecule has 4 heteroatoms. The number of rotatable bonds is 2. The van der Waals surface area contributed by atoms with E-state index in [4.69, 9.17) is 0 Å². The van der Waals surface area contributed by atoms with Crippen molar-refractivity contribution in [3.05, 3.63) is 23.8 Å². The van der Waals surface area contributed by atoms with Crippen LogP contribution in [0.1, 0.15) is 25.4 Å². The van der Waals surface area contributed by atoms with Crippen molar-refractivity contribution in [1.82, 2.24) is 20.2 Å². The first-order valence-corrected chi connectivity index (χ1v) is 5.86. The molecule has 0 aromatic carbocycles. The molecule has 1 saturated heterocycles. The van der Waals surface area contributed by atoms with Crippen LogP contribution in [0.4, 0.5) is 0 Å². The summed E-state index contributed by atoms with van der Waals surface area (Å²) < 4.78 is 0. The molecule has 1 aliphatic heterocycles. The van der Waals surface area contributed by atoms with Gasteiger partial charge in [-0.05, 0) is 26.8 Å². The van der Waals surface area contributed by atoms with E-state index < -0.39 is 0 Å². The molecule has 0 bridgehead atoms. The monoisotopic (exact) mass is 220 g/mol. The van der Waals surface area contributed by atoms with Crippen molar-refractivity contribution in [1.29, 1.82) is 0 Å². The third kappa shape index (κ3) is 2.23. The molecule has 0 aliphatic carbocycles. The molecule has 2 rings (SSSR count). The number of nitrogens with zero attached hydrogens (tertiary/aromatic N) is 3. The number of hydrogen-bond acceptors (Lipinski definition) is 4. The summed E-state index contributed by atoms with van der Waals surface area (Å²) in [6.07, 6.45) is 1.85. The summed E-state index contributed by atoms with van der Waals surface area (Å²) in [5, 5.41) is 3.37. The van der Waals surface area contributed by atoms with E-state index in [1.54, 1.807) is 0 Å². The molecule has 2 heterocycles. The molecule has 1 aromatic rings. The lowest BCUT2D eigenvalue weighted by molar-refractivity contribution is 0.0946. The SMILES string of the molecule is Cc1ccnc(C(C)(C)N2CCNCC2)n1. The van der Waals surface area contributed by atoms with Crippen LogP contribution in [0.15, 0.2) is 12.3 Å². The summed E-state index contributed by atoms with van der Waals surface area (Å²) in [7, 11) is 0. The van der Waals surface area contributed by atoms with Gasteiger partial charge in [-0.15, -0.1) is 0 Å². The van der Waals surface area contributed by atoms with E-state index in [2.05, 4.69) is 34.0 Å². The van der Waals surface area contributed by atoms with E-state index >= 15 is 0 Å². The molecule has 1 fully saturated rings. The fourth-order valence-electron chi connectivity index (χ4n) is 2.11. The Bertz CT molecular complexity index is 356. The third-order valence-electron chi connectivity index (χ3n) is 3.25. The topological polar surface area (TPSA) is 41.1 Å². The molecule has 0 spiro atoms. The van der Waals surface area contributed by atoms with Crippen LogP contribution in [-0.4, -0.2) is 41.0 Å². The fraction of sp³-hybridized carbons (Fsp3) is 0.667. The lowest BCUT2D eigenvalue weighted by atomic mass is 10.0. The molecule has 0 atom stereocenters. The van der Waals surface area contributed by atoms with Crippen LogP contribution in [0.25, 0.3) is 0 Å². The second-order valence-corrected chi connectivity index (χ2v) is 4.82. The van der Waals surface area contributed by atoms with Gasteiger partial charge in [0.1, 0.15) is 5.82 Å². The minimum Gasteiger partial charge on any atom is -0.314 e. The zero-order valence-electron chi connectivity index (χ0n) is 10.3. The fourth-order valence-corrected chi connectivity index (χ4v) is 2.11. The maximum absolute atomic E-state index is 4.55. The zero-order chi connectivity index (χ0) is 11.6. The average molecular weight is 220 g/mol. The summed E-state index contributed by atoms with van der Waals surface area (Å²) >= 11 is 0. The van der Waals surface area contributed by atoms with Gasteiger partial charge in [-0.25, -0.2) is 9.97 Å². The minimum atomic E-state index is -0.0753. The molecule has 1 aromatic heterocycles. The summed E-state index contributed by atoms with van der Waals surface area (Å²) in [6.45, 7) is 10.6. The van der Waals surface area contributed by atoms with Gasteiger partial charge in [0.05, 0.1) is 5.54 Å². The summed E-state index contributed by atoms with van der Waals surface area (Å²) in [5.74, 6) is 0.925. The first-order chi connectivity index (χ1) is 7.60. The Kier molecular flexibility index (Phi) is 3.21. The van der Waals surface area contributed by atoms with Crippen LogP contribution < -0.4 is 5.32 Å². The van der Waals surface area contributed by atoms with Gasteiger partial charge in [-0.1, -0.05) is 0 Å². The van der Waals surface area contributed by atoms with Gasteiger partial charge < -0.3 is 5.32 Å². The quantitative estimate of drug-likeness (QED) is 0.805. The van der Waals surface area contributed by atoms with Gasteiger partial charge in [0.25, 0.3) is 0 Å². The van der Waals surface area contributed by atoms with E-state index in [9.17, 15) is 0 Å². The molecule has 4 nitrogen and oxygen atoms in total. The number of aromatic nitrogens is 2. The average Bonchev–Trinajstić information content (AvgIpc) is 2.30. The summed E-state index contributed by atoms with van der Waals surface area (Å²) in [5.41, 5.74) is 0.960. The van der Waals surface area contributed by atoms with Crippen molar-refractivity contribution >= 4 is 0 Å². The highest BCUT2D eigenvalue weighted by Gasteiger charge is 2.32. The Labute approximate surface area is 97.1 Å². The predicted molar refractivity (Wildman–Crippen MR) is 64.2 cm³/mol. The molecule has 0 saturated carbocycles. The molecule has 0 unspecified atom stereocenters. The van der Waals surface area contributed by atoms with E-state index in [1.165, 1.54) is 0 Å². The largest absolute Gasteiger partial charge is 0.314 e. The lowest BCUT2D eigenvalue weighted by Crippen LogP contribution is -2.52. The lowest BCUT2D eigenvalue weighted by Gasteiger charge is -2.39. The number of nitrogens with one attached hydrogen (secondary N) is 1. The van der Waals surface area contributed by atoms with Crippen molar-refractivity contribution < 1.29 is 0 Å². The summed E-state index contributed by atoms with van der Waals surface area (Å²) in [6, 6.07) is 1.94. The van der Waals surface area contributed by atoms with E-state index in [-0.39, 0.29) is 5.54 Å². The standard InChI is InChI=1S/C12H20N4/c1-10-4-5-14-11(15-10)12(2,3)16-8-6-13-7-9-16/h4-5,13H,6-9H2,1-3H3. The highest BCUT2D eigenvalue weighted by molar-refractivity contribution is 5.08. The normalized spacial score (nSPS) is 18.7. The summed E-state index contributed by atoms with van der Waals surface area (Å²) in [4.78, 5) is 11.4. The molecule has 1 aliphatic rings. The predicted octanol–water partition coefficient (Wildman–Crippen LogP) is 0.925. The van der Waals surface area contributed by atoms with E-state index in [0.29, 0.717) is 0 Å². The van der Waals surface area contributed by atoms with Gasteiger partial charge in [0.2, 0.25) is 0 Å². The molecular weight excluding hydrogens is 200 g/mol. The molecule has 0 radical (unpaired) electrons. The van der Waals surface area contributed by atoms with Crippen LogP contribution in [0.2, 0.25) is 0 Å². The molecule has 88 valence electrons. The van der Waals surface area contributed by atoms with E-state index in [0.717, 1.165) is 37.7 Å². The van der Waals surface area contributed by atoms with Crippen LogP contribution in [-0.2, 0) is 5.54 Å². The first kappa shape index (κ1) is 11.5. The Balaban J connectivity index is 2.22. The molecule has 16 heavy (non-hydrogen) atoms. The van der Waals surface area contributed by atoms with Gasteiger partial charge in [-0.2, -0.15) is 0 Å². The highest BCUT2D eigenvalue weighted by Crippen LogP contribution is 2.24. The Morgan fingerprint density at radius 1 is 1.31 bits per heavy atom. The minimum absolute atomic E-state index is 0.0753. The Morgan fingerprint density at radius 3 is 2.62 bits per heavy atom. The highest BCUT2D eigenvalue weighted by atomic mass is 15.3. The molecular formula is C12H20N4. The van der Waals surface area contributed by atoms with Crippen molar-refractivity contribution in [2.45, 2.75) is 26.3 Å². The smallest absolute Gasteiger partial charge is 0.148 e. The van der Waals surface area contributed by atoms with Crippen molar-refractivity contribution in [3.63, 3.8) is 0 Å². The first-order valence-electron chi connectivity index (χ1n) is 5.86. The van der Waals surface area contributed by atoms with Gasteiger partial charge in [0.15, 0.2) is 0 Å². The van der Waals surface area contributed by atoms with Crippen molar-refractivity contribution in [3.8, 4) is 0 Å². The zero-order valence-corrected chi connectivity index (χ0v) is 10.3. The Hall–Kier alpha value is -1.00. The number of aryl methyl sites for hydroxylation is 1. The van der Waals surface area contributed by atoms with Gasteiger partial charge >= 0.3 is 0 Å². The molecule has 0 amide bonds. The van der Waals surface area contributed by atoms with Gasteiger partial charge in [-0.3, -0.25) is 4.90 Å².